The molecule has 4 amide bonds. The van der Waals surface area contributed by atoms with Crippen LogP contribution >= 0.6 is 23.2 Å². The van der Waals surface area contributed by atoms with Crippen molar-refractivity contribution in [2.75, 3.05) is 16.0 Å². The minimum atomic E-state index is -0.382. The van der Waals surface area contributed by atoms with Crippen molar-refractivity contribution in [3.63, 3.8) is 0 Å². The van der Waals surface area contributed by atoms with Gasteiger partial charge in [-0.15, -0.1) is 0 Å². The number of aromatic nitrogens is 2. The average molecular weight is 485 g/mol. The summed E-state index contributed by atoms with van der Waals surface area (Å²) in [6.45, 7) is 0.493. The van der Waals surface area contributed by atoms with Gasteiger partial charge in [0.05, 0.1) is 34.5 Å². The number of nitrogens with zero attached hydrogens (tertiary/aromatic N) is 2. The molecule has 2 aliphatic heterocycles. The summed E-state index contributed by atoms with van der Waals surface area (Å²) in [5.41, 5.74) is 4.31. The van der Waals surface area contributed by atoms with Crippen molar-refractivity contribution in [2.24, 2.45) is 0 Å². The van der Waals surface area contributed by atoms with Gasteiger partial charge in [0, 0.05) is 23.4 Å². The number of aryl methyl sites for hydroxylation is 1. The number of urea groups is 1. The molecule has 0 saturated carbocycles. The van der Waals surface area contributed by atoms with Crippen LogP contribution in [-0.4, -0.2) is 32.9 Å². The molecule has 1 aromatic heterocycles. The van der Waals surface area contributed by atoms with Gasteiger partial charge >= 0.3 is 6.03 Å². The van der Waals surface area contributed by atoms with E-state index >= 15 is 0 Å². The fourth-order valence-corrected chi connectivity index (χ4v) is 4.27. The van der Waals surface area contributed by atoms with Crippen LogP contribution in [0.2, 0.25) is 10.0 Å². The lowest BCUT2D eigenvalue weighted by molar-refractivity contribution is -0.116. The molecule has 0 saturated heterocycles. The third kappa shape index (κ3) is 4.12. The second-order valence-corrected chi connectivity index (χ2v) is 8.58. The zero-order valence-electron chi connectivity index (χ0n) is 17.2. The summed E-state index contributed by atoms with van der Waals surface area (Å²) in [6, 6.07) is 9.95. The molecule has 11 heteroatoms. The fourth-order valence-electron chi connectivity index (χ4n) is 3.92. The smallest absolute Gasteiger partial charge is 0.322 e. The van der Waals surface area contributed by atoms with Gasteiger partial charge < -0.3 is 20.9 Å². The van der Waals surface area contributed by atoms with Crippen LogP contribution in [0.25, 0.3) is 0 Å². The van der Waals surface area contributed by atoms with Gasteiger partial charge in [0.1, 0.15) is 0 Å². The number of anilines is 3. The molecule has 3 heterocycles. The average Bonchev–Trinajstić information content (AvgIpc) is 3.38. The van der Waals surface area contributed by atoms with Crippen LogP contribution in [0.4, 0.5) is 21.9 Å². The lowest BCUT2D eigenvalue weighted by Crippen LogP contribution is -2.31. The number of carbonyl (C=O) groups is 3. The molecule has 0 radical (unpaired) electrons. The SMILES string of the molecule is O=C1CCc2cc(NC(=O)c3n[nH]c4c3CN(C(=O)Nc3cccc(Cl)c3Cl)C4)ccc2N1. The summed E-state index contributed by atoms with van der Waals surface area (Å²) in [5.74, 6) is -0.398. The molecule has 0 bridgehead atoms. The number of hydrogen-bond acceptors (Lipinski definition) is 4. The molecule has 9 nitrogen and oxygen atoms in total. The van der Waals surface area contributed by atoms with Gasteiger partial charge in [-0.25, -0.2) is 4.79 Å². The number of halogens is 2. The van der Waals surface area contributed by atoms with Crippen LogP contribution < -0.4 is 16.0 Å². The Balaban J connectivity index is 1.27. The summed E-state index contributed by atoms with van der Waals surface area (Å²) in [4.78, 5) is 38.7. The Hall–Kier alpha value is -3.56. The maximum absolute atomic E-state index is 12.9. The van der Waals surface area contributed by atoms with E-state index in [0.29, 0.717) is 40.5 Å². The van der Waals surface area contributed by atoms with Crippen LogP contribution in [-0.2, 0) is 24.3 Å². The highest BCUT2D eigenvalue weighted by atomic mass is 35.5. The summed E-state index contributed by atoms with van der Waals surface area (Å²) < 4.78 is 0. The molecule has 4 N–H and O–H groups in total. The Bertz CT molecular complexity index is 1310. The van der Waals surface area contributed by atoms with Crippen molar-refractivity contribution in [2.45, 2.75) is 25.9 Å². The molecule has 0 unspecified atom stereocenters. The van der Waals surface area contributed by atoms with E-state index in [9.17, 15) is 14.4 Å². The molecule has 0 fully saturated rings. The van der Waals surface area contributed by atoms with E-state index in [-0.39, 0.29) is 41.7 Å². The van der Waals surface area contributed by atoms with E-state index in [1.54, 1.807) is 35.2 Å². The quantitative estimate of drug-likeness (QED) is 0.440. The van der Waals surface area contributed by atoms with Crippen LogP contribution in [0.3, 0.4) is 0 Å². The minimum absolute atomic E-state index is 0.0161. The third-order valence-corrected chi connectivity index (χ3v) is 6.42. The number of amides is 4. The zero-order valence-corrected chi connectivity index (χ0v) is 18.7. The van der Waals surface area contributed by atoms with Gasteiger partial charge in [-0.2, -0.15) is 5.10 Å². The second-order valence-electron chi connectivity index (χ2n) is 7.79. The molecule has 33 heavy (non-hydrogen) atoms. The largest absolute Gasteiger partial charge is 0.326 e. The Morgan fingerprint density at radius 3 is 2.76 bits per heavy atom. The first kappa shape index (κ1) is 21.3. The van der Waals surface area contributed by atoms with Crippen LogP contribution in [0.1, 0.15) is 33.7 Å². The minimum Gasteiger partial charge on any atom is -0.326 e. The first-order chi connectivity index (χ1) is 15.9. The Kier molecular flexibility index (Phi) is 5.43. The predicted molar refractivity (Wildman–Crippen MR) is 125 cm³/mol. The van der Waals surface area contributed by atoms with Crippen LogP contribution in [0.15, 0.2) is 36.4 Å². The molecular formula is C22H18Cl2N6O3. The van der Waals surface area contributed by atoms with Crippen molar-refractivity contribution < 1.29 is 14.4 Å². The van der Waals surface area contributed by atoms with Gasteiger partial charge in [0.2, 0.25) is 5.91 Å². The van der Waals surface area contributed by atoms with Gasteiger partial charge in [-0.3, -0.25) is 14.7 Å². The number of benzene rings is 2. The molecule has 2 aliphatic rings. The maximum atomic E-state index is 12.9. The summed E-state index contributed by atoms with van der Waals surface area (Å²) in [6.07, 6.45) is 1.03. The zero-order chi connectivity index (χ0) is 23.1. The second kappa shape index (κ2) is 8.42. The molecule has 0 aliphatic carbocycles. The molecule has 2 aromatic carbocycles. The summed E-state index contributed by atoms with van der Waals surface area (Å²) in [5, 5.41) is 16.0. The number of hydrogen-bond donors (Lipinski definition) is 4. The summed E-state index contributed by atoms with van der Waals surface area (Å²) >= 11 is 12.2. The van der Waals surface area contributed by atoms with Crippen molar-refractivity contribution in [1.29, 1.82) is 0 Å². The number of rotatable bonds is 3. The first-order valence-corrected chi connectivity index (χ1v) is 10.9. The Labute approximate surface area is 198 Å². The van der Waals surface area contributed by atoms with Gasteiger partial charge in [0.15, 0.2) is 5.69 Å². The lowest BCUT2D eigenvalue weighted by atomic mass is 10.0. The van der Waals surface area contributed by atoms with Crippen LogP contribution in [0.5, 0.6) is 0 Å². The molecule has 168 valence electrons. The number of aromatic amines is 1. The molecular weight excluding hydrogens is 467 g/mol. The Morgan fingerprint density at radius 2 is 1.91 bits per heavy atom. The number of H-pyrrole nitrogens is 1. The normalized spacial score (nSPS) is 14.4. The van der Waals surface area contributed by atoms with Crippen molar-refractivity contribution in [1.82, 2.24) is 15.1 Å². The standard InChI is InChI=1S/C22H18Cl2N6O3/c23-14-2-1-3-16(19(14)24)27-22(33)30-9-13-17(10-30)28-29-20(13)21(32)25-12-5-6-15-11(8-12)4-7-18(31)26-15/h1-3,5-6,8H,4,7,9-10H2,(H,25,32)(H,26,31)(H,27,33)(H,28,29). The van der Waals surface area contributed by atoms with E-state index < -0.39 is 0 Å². The number of fused-ring (bicyclic) bond motifs is 2. The van der Waals surface area contributed by atoms with E-state index in [0.717, 1.165) is 11.3 Å². The van der Waals surface area contributed by atoms with Crippen molar-refractivity contribution in [3.05, 3.63) is 69.0 Å². The van der Waals surface area contributed by atoms with Gasteiger partial charge in [0.25, 0.3) is 5.91 Å². The number of nitrogens with one attached hydrogen (secondary N) is 4. The van der Waals surface area contributed by atoms with E-state index in [1.807, 2.05) is 6.07 Å². The maximum Gasteiger partial charge on any atom is 0.322 e. The predicted octanol–water partition coefficient (Wildman–Crippen LogP) is 4.40. The van der Waals surface area contributed by atoms with Gasteiger partial charge in [-0.1, -0.05) is 29.3 Å². The highest BCUT2D eigenvalue weighted by Crippen LogP contribution is 2.31. The number of carbonyl (C=O) groups excluding carboxylic acids is 3. The first-order valence-electron chi connectivity index (χ1n) is 10.2. The highest BCUT2D eigenvalue weighted by molar-refractivity contribution is 6.44. The topological polar surface area (TPSA) is 119 Å². The Morgan fingerprint density at radius 1 is 1.06 bits per heavy atom. The molecule has 0 atom stereocenters. The lowest BCUT2D eigenvalue weighted by Gasteiger charge is -2.18. The van der Waals surface area contributed by atoms with Crippen molar-refractivity contribution >= 4 is 58.1 Å². The molecule has 3 aromatic rings. The van der Waals surface area contributed by atoms with E-state index in [4.69, 9.17) is 23.2 Å². The highest BCUT2D eigenvalue weighted by Gasteiger charge is 2.31. The summed E-state index contributed by atoms with van der Waals surface area (Å²) in [7, 11) is 0. The van der Waals surface area contributed by atoms with Crippen LogP contribution in [0, 0.1) is 0 Å². The van der Waals surface area contributed by atoms with E-state index in [1.165, 1.54) is 0 Å². The monoisotopic (exact) mass is 484 g/mol. The van der Waals surface area contributed by atoms with Crippen molar-refractivity contribution in [3.8, 4) is 0 Å². The van der Waals surface area contributed by atoms with E-state index in [2.05, 4.69) is 26.1 Å². The fraction of sp³-hybridized carbons (Fsp3) is 0.182. The van der Waals surface area contributed by atoms with Gasteiger partial charge in [-0.05, 0) is 42.3 Å². The third-order valence-electron chi connectivity index (χ3n) is 5.60. The molecule has 0 spiro atoms. The molecule has 5 rings (SSSR count).